The Balaban J connectivity index is 2.06. The second kappa shape index (κ2) is 6.00. The van der Waals surface area contributed by atoms with Gasteiger partial charge in [-0.25, -0.2) is 0 Å². The Morgan fingerprint density at radius 1 is 1.57 bits per heavy atom. The van der Waals surface area contributed by atoms with E-state index in [2.05, 4.69) is 5.32 Å². The van der Waals surface area contributed by atoms with Crippen LogP contribution in [0.25, 0.3) is 0 Å². The lowest BCUT2D eigenvalue weighted by Gasteiger charge is -2.47. The number of likely N-dealkylation sites (N-methyl/N-ethyl adjacent to an activating group) is 1. The lowest BCUT2D eigenvalue weighted by molar-refractivity contribution is -0.105. The first-order valence-electron chi connectivity index (χ1n) is 6.77. The van der Waals surface area contributed by atoms with E-state index in [-0.39, 0.29) is 30.5 Å². The highest BCUT2D eigenvalue weighted by Gasteiger charge is 2.40. The molecule has 0 spiro atoms. The van der Waals surface area contributed by atoms with E-state index in [4.69, 9.17) is 9.26 Å². The fourth-order valence-electron chi connectivity index (χ4n) is 2.35. The van der Waals surface area contributed by atoms with Crippen LogP contribution in [0, 0.1) is 0 Å². The number of ether oxygens (including phenoxy) is 1. The van der Waals surface area contributed by atoms with Crippen molar-refractivity contribution in [2.24, 2.45) is 7.05 Å². The third kappa shape index (κ3) is 3.02. The van der Waals surface area contributed by atoms with Crippen LogP contribution in [0.4, 0.5) is 0 Å². The van der Waals surface area contributed by atoms with E-state index in [0.29, 0.717) is 13.2 Å². The summed E-state index contributed by atoms with van der Waals surface area (Å²) in [6, 6.07) is 1.27. The summed E-state index contributed by atoms with van der Waals surface area (Å²) in [4.78, 5) is 25.3. The Bertz CT molecular complexity index is 566. The largest absolute Gasteiger partial charge is 0.394 e. The molecule has 2 N–H and O–H groups in total. The molecule has 2 atom stereocenters. The number of nitrogens with zero attached hydrogens (tertiary/aromatic N) is 2. The molecule has 0 radical (unpaired) electrons. The summed E-state index contributed by atoms with van der Waals surface area (Å²) in [5.74, 6) is -0.546. The number of hydrogen-bond acceptors (Lipinski definition) is 6. The molecule has 1 aliphatic rings. The van der Waals surface area contributed by atoms with Gasteiger partial charge in [0.15, 0.2) is 0 Å². The molecule has 0 aromatic carbocycles. The van der Waals surface area contributed by atoms with Crippen molar-refractivity contribution < 1.29 is 19.2 Å². The summed E-state index contributed by atoms with van der Waals surface area (Å²) in [6.07, 6.45) is 0. The van der Waals surface area contributed by atoms with Gasteiger partial charge in [-0.1, -0.05) is 0 Å². The third-order valence-corrected chi connectivity index (χ3v) is 4.04. The number of aliphatic hydroxyl groups excluding tert-OH is 1. The molecule has 0 aliphatic carbocycles. The lowest BCUT2D eigenvalue weighted by atomic mass is 9.96. The van der Waals surface area contributed by atoms with Crippen LogP contribution < -0.4 is 10.9 Å². The monoisotopic (exact) mass is 299 g/mol. The van der Waals surface area contributed by atoms with Gasteiger partial charge in [-0.3, -0.25) is 14.5 Å². The van der Waals surface area contributed by atoms with Gasteiger partial charge in [-0.15, -0.1) is 0 Å². The number of hydrogen-bond donors (Lipinski definition) is 2. The molecular weight excluding hydrogens is 278 g/mol. The molecule has 118 valence electrons. The van der Waals surface area contributed by atoms with E-state index in [1.165, 1.54) is 7.05 Å². The number of nitrogens with one attached hydrogen (secondary N) is 1. The van der Waals surface area contributed by atoms with Gasteiger partial charge >= 0.3 is 0 Å². The number of morpholine rings is 1. The van der Waals surface area contributed by atoms with Gasteiger partial charge in [0.2, 0.25) is 5.76 Å². The molecule has 1 saturated heterocycles. The van der Waals surface area contributed by atoms with Crippen LogP contribution >= 0.6 is 0 Å². The van der Waals surface area contributed by atoms with Crippen LogP contribution in [0.1, 0.15) is 17.5 Å². The van der Waals surface area contributed by atoms with Crippen LogP contribution in [0.2, 0.25) is 0 Å². The van der Waals surface area contributed by atoms with Gasteiger partial charge < -0.3 is 19.7 Å². The van der Waals surface area contributed by atoms with Crippen molar-refractivity contribution in [3.8, 4) is 0 Å². The molecule has 1 fully saturated rings. The van der Waals surface area contributed by atoms with Gasteiger partial charge in [-0.2, -0.15) is 4.74 Å². The fourth-order valence-corrected chi connectivity index (χ4v) is 2.35. The first kappa shape index (κ1) is 15.7. The zero-order valence-electron chi connectivity index (χ0n) is 12.5. The second-order valence-electron chi connectivity index (χ2n) is 5.48. The highest BCUT2D eigenvalue weighted by atomic mass is 16.5. The summed E-state index contributed by atoms with van der Waals surface area (Å²) >= 11 is 0. The van der Waals surface area contributed by atoms with Crippen LogP contribution in [-0.4, -0.2) is 65.6 Å². The molecule has 1 aliphatic heterocycles. The Morgan fingerprint density at radius 3 is 2.86 bits per heavy atom. The topological polar surface area (TPSA) is 96.9 Å². The predicted molar refractivity (Wildman–Crippen MR) is 74.1 cm³/mol. The van der Waals surface area contributed by atoms with Gasteiger partial charge in [-0.05, 0) is 14.0 Å². The quantitative estimate of drug-likeness (QED) is 0.724. The summed E-state index contributed by atoms with van der Waals surface area (Å²) in [6.45, 7) is 2.94. The number of aryl methyl sites for hydroxylation is 1. The van der Waals surface area contributed by atoms with E-state index < -0.39 is 11.4 Å². The maximum Gasteiger partial charge on any atom is 0.290 e. The van der Waals surface area contributed by atoms with Crippen molar-refractivity contribution in [1.29, 1.82) is 0 Å². The minimum absolute atomic E-state index is 0.0528. The van der Waals surface area contributed by atoms with Crippen LogP contribution in [0.3, 0.4) is 0 Å². The van der Waals surface area contributed by atoms with E-state index in [1.54, 1.807) is 0 Å². The van der Waals surface area contributed by atoms with Crippen LogP contribution in [-0.2, 0) is 11.8 Å². The molecular formula is C13H21N3O5. The Hall–Kier alpha value is -1.64. The molecule has 1 aromatic heterocycles. The predicted octanol–water partition coefficient (Wildman–Crippen LogP) is -1.21. The fraction of sp³-hybridized carbons (Fsp3) is 0.692. The minimum atomic E-state index is -0.678. The molecule has 8 heteroatoms. The zero-order chi connectivity index (χ0) is 15.6. The highest BCUT2D eigenvalue weighted by molar-refractivity contribution is 5.91. The molecule has 1 aromatic rings. The molecule has 1 amide bonds. The average Bonchev–Trinajstić information content (AvgIpc) is 2.80. The molecule has 8 nitrogen and oxygen atoms in total. The van der Waals surface area contributed by atoms with Crippen molar-refractivity contribution >= 4 is 5.91 Å². The van der Waals surface area contributed by atoms with E-state index >= 15 is 0 Å². The lowest BCUT2D eigenvalue weighted by Crippen LogP contribution is -2.65. The number of carbonyl (C=O) groups excluding carboxylic acids is 1. The van der Waals surface area contributed by atoms with Gasteiger partial charge in [0.1, 0.15) is 0 Å². The summed E-state index contributed by atoms with van der Waals surface area (Å²) < 4.78 is 11.5. The van der Waals surface area contributed by atoms with Crippen LogP contribution in [0.5, 0.6) is 0 Å². The third-order valence-electron chi connectivity index (χ3n) is 4.04. The number of aromatic nitrogens is 1. The summed E-state index contributed by atoms with van der Waals surface area (Å²) in [5, 5.41) is 12.4. The molecule has 0 unspecified atom stereocenters. The SMILES string of the molecule is C[C@@H]1COC[C@@](CO)(CNC(=O)c2cc(=O)n(C)o2)N1C. The molecule has 2 rings (SSSR count). The molecule has 21 heavy (non-hydrogen) atoms. The maximum absolute atomic E-state index is 12.0. The highest BCUT2D eigenvalue weighted by Crippen LogP contribution is 2.21. The van der Waals surface area contributed by atoms with Crippen molar-refractivity contribution in [2.75, 3.05) is 33.4 Å². The number of amides is 1. The van der Waals surface area contributed by atoms with Gasteiger partial charge in [0, 0.05) is 19.6 Å². The summed E-state index contributed by atoms with van der Waals surface area (Å²) in [5.41, 5.74) is -1.06. The molecule has 2 heterocycles. The normalized spacial score (nSPS) is 26.8. The zero-order valence-corrected chi connectivity index (χ0v) is 12.5. The Labute approximate surface area is 122 Å². The van der Waals surface area contributed by atoms with Crippen molar-refractivity contribution in [2.45, 2.75) is 18.5 Å². The Morgan fingerprint density at radius 2 is 2.29 bits per heavy atom. The summed E-state index contributed by atoms with van der Waals surface area (Å²) in [7, 11) is 3.32. The number of rotatable bonds is 4. The number of aliphatic hydroxyl groups is 1. The van der Waals surface area contributed by atoms with E-state index in [1.807, 2.05) is 18.9 Å². The standard InChI is InChI=1S/C13H21N3O5/c1-9-5-20-8-13(7-17,15(9)2)6-14-12(19)10-4-11(18)16(3)21-10/h4,9,17H,5-8H2,1-3H3,(H,14,19)/t9-,13+/m1/s1. The van der Waals surface area contributed by atoms with Gasteiger partial charge in [0.05, 0.1) is 31.4 Å². The van der Waals surface area contributed by atoms with Crippen molar-refractivity contribution in [1.82, 2.24) is 15.0 Å². The van der Waals surface area contributed by atoms with E-state index in [9.17, 15) is 14.7 Å². The van der Waals surface area contributed by atoms with Crippen molar-refractivity contribution in [3.05, 3.63) is 22.2 Å². The minimum Gasteiger partial charge on any atom is -0.394 e. The van der Waals surface area contributed by atoms with Crippen molar-refractivity contribution in [3.63, 3.8) is 0 Å². The average molecular weight is 299 g/mol. The second-order valence-corrected chi connectivity index (χ2v) is 5.48. The smallest absolute Gasteiger partial charge is 0.290 e. The van der Waals surface area contributed by atoms with Gasteiger partial charge in [0.25, 0.3) is 11.5 Å². The van der Waals surface area contributed by atoms with Crippen LogP contribution in [0.15, 0.2) is 15.4 Å². The molecule has 0 bridgehead atoms. The number of carbonyl (C=O) groups is 1. The first-order valence-corrected chi connectivity index (χ1v) is 6.77. The first-order chi connectivity index (χ1) is 9.89. The molecule has 0 saturated carbocycles. The Kier molecular flexibility index (Phi) is 4.50. The maximum atomic E-state index is 12.0. The van der Waals surface area contributed by atoms with E-state index in [0.717, 1.165) is 10.8 Å².